The van der Waals surface area contributed by atoms with Gasteiger partial charge < -0.3 is 14.8 Å². The minimum atomic E-state index is -0.602. The molecule has 0 radical (unpaired) electrons. The van der Waals surface area contributed by atoms with Crippen molar-refractivity contribution in [2.75, 3.05) is 5.32 Å². The van der Waals surface area contributed by atoms with Gasteiger partial charge in [0.05, 0.1) is 0 Å². The Morgan fingerprint density at radius 1 is 1.00 bits per heavy atom. The summed E-state index contributed by atoms with van der Waals surface area (Å²) < 4.78 is 5.39. The van der Waals surface area contributed by atoms with Gasteiger partial charge in [-0.15, -0.1) is 0 Å². The van der Waals surface area contributed by atoms with E-state index in [9.17, 15) is 9.90 Å². The molecule has 0 unspecified atom stereocenters. The lowest BCUT2D eigenvalue weighted by Gasteiger charge is -2.06. The molecule has 4 nitrogen and oxygen atoms in total. The predicted molar refractivity (Wildman–Crippen MR) is 106 cm³/mol. The van der Waals surface area contributed by atoms with Crippen molar-refractivity contribution in [1.82, 2.24) is 0 Å². The number of nitrogens with one attached hydrogen (secondary N) is 1. The van der Waals surface area contributed by atoms with Crippen LogP contribution in [0, 0.1) is 0 Å². The number of hydrogen-bond donors (Lipinski definition) is 2. The minimum Gasteiger partial charge on any atom is -0.506 e. The van der Waals surface area contributed by atoms with Crippen LogP contribution in [0.4, 0.5) is 5.69 Å². The molecule has 4 aromatic rings. The van der Waals surface area contributed by atoms with E-state index in [1.807, 2.05) is 30.3 Å². The molecular formula is C21H14ClNO3. The molecule has 0 aliphatic rings. The molecule has 0 atom stereocenters. The quantitative estimate of drug-likeness (QED) is 0.284. The van der Waals surface area contributed by atoms with Crippen LogP contribution in [0.1, 0.15) is 5.56 Å². The fourth-order valence-corrected chi connectivity index (χ4v) is 3.05. The molecule has 0 fully saturated rings. The maximum absolute atomic E-state index is 12.3. The van der Waals surface area contributed by atoms with E-state index >= 15 is 0 Å². The second-order valence-electron chi connectivity index (χ2n) is 5.83. The van der Waals surface area contributed by atoms with E-state index in [1.54, 1.807) is 36.4 Å². The SMILES string of the molecule is O=c1oc2ccc3ccccc3c2cc1/C(O)=C/Nc1cccc(Cl)c1. The van der Waals surface area contributed by atoms with Crippen molar-refractivity contribution in [2.45, 2.75) is 0 Å². The molecule has 3 aromatic carbocycles. The third kappa shape index (κ3) is 3.03. The number of halogens is 1. The average Bonchev–Trinajstić information content (AvgIpc) is 2.65. The lowest BCUT2D eigenvalue weighted by Crippen LogP contribution is -2.07. The number of hydrogen-bond acceptors (Lipinski definition) is 4. The van der Waals surface area contributed by atoms with E-state index in [0.29, 0.717) is 16.3 Å². The van der Waals surface area contributed by atoms with Crippen LogP contribution < -0.4 is 10.9 Å². The topological polar surface area (TPSA) is 62.5 Å². The first-order valence-corrected chi connectivity index (χ1v) is 8.37. The molecule has 128 valence electrons. The van der Waals surface area contributed by atoms with Gasteiger partial charge in [-0.05, 0) is 41.1 Å². The van der Waals surface area contributed by atoms with Crippen molar-refractivity contribution in [3.05, 3.63) is 93.9 Å². The molecule has 5 heteroatoms. The second kappa shape index (κ2) is 6.58. The highest BCUT2D eigenvalue weighted by molar-refractivity contribution is 6.30. The zero-order valence-electron chi connectivity index (χ0n) is 13.6. The van der Waals surface area contributed by atoms with Crippen LogP contribution in [0.3, 0.4) is 0 Å². The summed E-state index contributed by atoms with van der Waals surface area (Å²) in [7, 11) is 0. The predicted octanol–water partition coefficient (Wildman–Crippen LogP) is 5.57. The Morgan fingerprint density at radius 2 is 1.85 bits per heavy atom. The van der Waals surface area contributed by atoms with Crippen LogP contribution in [0.2, 0.25) is 5.02 Å². The lowest BCUT2D eigenvalue weighted by molar-refractivity contribution is 0.497. The minimum absolute atomic E-state index is 0.0865. The molecule has 0 bridgehead atoms. The molecule has 26 heavy (non-hydrogen) atoms. The Labute approximate surface area is 154 Å². The molecule has 1 aromatic heterocycles. The summed E-state index contributed by atoms with van der Waals surface area (Å²) in [5.74, 6) is -0.214. The lowest BCUT2D eigenvalue weighted by atomic mass is 10.0. The maximum atomic E-state index is 12.3. The zero-order valence-corrected chi connectivity index (χ0v) is 14.3. The van der Waals surface area contributed by atoms with Crippen LogP contribution in [0.25, 0.3) is 27.5 Å². The largest absolute Gasteiger partial charge is 0.506 e. The van der Waals surface area contributed by atoms with E-state index in [2.05, 4.69) is 5.32 Å². The molecule has 0 amide bonds. The van der Waals surface area contributed by atoms with Gasteiger partial charge in [0.1, 0.15) is 16.9 Å². The first-order chi connectivity index (χ1) is 12.6. The highest BCUT2D eigenvalue weighted by atomic mass is 35.5. The first-order valence-electron chi connectivity index (χ1n) is 7.99. The molecule has 0 aliphatic carbocycles. The number of benzene rings is 3. The summed E-state index contributed by atoms with van der Waals surface area (Å²) in [5.41, 5.74) is 0.658. The maximum Gasteiger partial charge on any atom is 0.347 e. The Balaban J connectivity index is 1.80. The van der Waals surface area contributed by atoms with Crippen molar-refractivity contribution in [3.8, 4) is 0 Å². The highest BCUT2D eigenvalue weighted by Gasteiger charge is 2.11. The van der Waals surface area contributed by atoms with Gasteiger partial charge in [-0.1, -0.05) is 48.0 Å². The molecule has 4 rings (SSSR count). The van der Waals surface area contributed by atoms with Crippen LogP contribution in [-0.4, -0.2) is 5.11 Å². The fourth-order valence-electron chi connectivity index (χ4n) is 2.86. The molecule has 0 saturated carbocycles. The molecule has 1 heterocycles. The Bertz CT molecular complexity index is 1210. The summed E-state index contributed by atoms with van der Waals surface area (Å²) in [6.07, 6.45) is 1.34. The number of fused-ring (bicyclic) bond motifs is 3. The van der Waals surface area contributed by atoms with Gasteiger partial charge in [-0.3, -0.25) is 0 Å². The summed E-state index contributed by atoms with van der Waals surface area (Å²) in [6.45, 7) is 0. The van der Waals surface area contributed by atoms with Crippen LogP contribution in [0.5, 0.6) is 0 Å². The summed E-state index contributed by atoms with van der Waals surface area (Å²) in [5, 5.41) is 16.6. The van der Waals surface area contributed by atoms with Gasteiger partial charge in [-0.2, -0.15) is 0 Å². The Hall–Kier alpha value is -3.24. The first kappa shape index (κ1) is 16.2. The smallest absolute Gasteiger partial charge is 0.347 e. The highest BCUT2D eigenvalue weighted by Crippen LogP contribution is 2.26. The second-order valence-corrected chi connectivity index (χ2v) is 6.27. The summed E-state index contributed by atoms with van der Waals surface area (Å²) in [6, 6.07) is 20.1. The van der Waals surface area contributed by atoms with Crippen molar-refractivity contribution in [3.63, 3.8) is 0 Å². The third-order valence-corrected chi connectivity index (χ3v) is 4.35. The number of anilines is 1. The number of aliphatic hydroxyl groups excluding tert-OH is 1. The van der Waals surface area contributed by atoms with E-state index < -0.39 is 5.63 Å². The van der Waals surface area contributed by atoms with E-state index in [-0.39, 0.29) is 11.3 Å². The fraction of sp³-hybridized carbons (Fsp3) is 0. The van der Waals surface area contributed by atoms with Gasteiger partial charge >= 0.3 is 5.63 Å². The average molecular weight is 364 g/mol. The van der Waals surface area contributed by atoms with E-state index in [1.165, 1.54) is 6.20 Å². The molecule has 0 aliphatic heterocycles. The van der Waals surface area contributed by atoms with Crippen molar-refractivity contribution in [1.29, 1.82) is 0 Å². The van der Waals surface area contributed by atoms with E-state index in [0.717, 1.165) is 16.2 Å². The molecular weight excluding hydrogens is 350 g/mol. The van der Waals surface area contributed by atoms with Crippen molar-refractivity contribution < 1.29 is 9.52 Å². The summed E-state index contributed by atoms with van der Waals surface area (Å²) >= 11 is 5.94. The van der Waals surface area contributed by atoms with Crippen LogP contribution >= 0.6 is 11.6 Å². The standard InChI is InChI=1S/C21H14ClNO3/c22-14-5-3-6-15(10-14)23-12-19(24)18-11-17-16-7-2-1-4-13(16)8-9-20(17)26-21(18)25/h1-12,23-24H/b19-12-. The number of rotatable bonds is 3. The molecule has 0 saturated heterocycles. The Morgan fingerprint density at radius 3 is 2.69 bits per heavy atom. The number of aliphatic hydroxyl groups is 1. The third-order valence-electron chi connectivity index (χ3n) is 4.12. The normalized spacial score (nSPS) is 11.8. The van der Waals surface area contributed by atoms with Crippen molar-refractivity contribution in [2.24, 2.45) is 0 Å². The summed E-state index contributed by atoms with van der Waals surface area (Å²) in [4.78, 5) is 12.3. The van der Waals surface area contributed by atoms with Crippen LogP contribution in [-0.2, 0) is 0 Å². The van der Waals surface area contributed by atoms with E-state index in [4.69, 9.17) is 16.0 Å². The zero-order chi connectivity index (χ0) is 18.1. The van der Waals surface area contributed by atoms with Crippen molar-refractivity contribution >= 4 is 44.8 Å². The monoisotopic (exact) mass is 363 g/mol. The van der Waals surface area contributed by atoms with Gasteiger partial charge in [0, 0.05) is 22.3 Å². The molecule has 0 spiro atoms. The molecule has 2 N–H and O–H groups in total. The van der Waals surface area contributed by atoms with Crippen LogP contribution in [0.15, 0.2) is 82.1 Å². The van der Waals surface area contributed by atoms with Gasteiger partial charge in [0.25, 0.3) is 0 Å². The van der Waals surface area contributed by atoms with Gasteiger partial charge in [-0.25, -0.2) is 4.79 Å². The van der Waals surface area contributed by atoms with Gasteiger partial charge in [0.15, 0.2) is 0 Å². The Kier molecular flexibility index (Phi) is 4.11. The van der Waals surface area contributed by atoms with Gasteiger partial charge in [0.2, 0.25) is 0 Å².